The van der Waals surface area contributed by atoms with E-state index >= 15 is 0 Å². The molecule has 1 aliphatic heterocycles. The van der Waals surface area contributed by atoms with Gasteiger partial charge >= 0.3 is 6.03 Å². The molecule has 1 saturated heterocycles. The summed E-state index contributed by atoms with van der Waals surface area (Å²) in [6.45, 7) is 11.6. The Balaban J connectivity index is 2.01. The van der Waals surface area contributed by atoms with Crippen LogP contribution in [0.25, 0.3) is 0 Å². The summed E-state index contributed by atoms with van der Waals surface area (Å²) in [6.07, 6.45) is 0.533. The molecule has 0 aromatic heterocycles. The number of carbonyl (C=O) groups excluding carboxylic acids is 2. The number of nitrogens with zero attached hydrogens (tertiary/aromatic N) is 1. The van der Waals surface area contributed by atoms with Gasteiger partial charge in [-0.05, 0) is 51.8 Å². The van der Waals surface area contributed by atoms with E-state index in [1.54, 1.807) is 44.7 Å². The maximum atomic E-state index is 13.0. The maximum absolute atomic E-state index is 13.0. The Labute approximate surface area is 190 Å². The average molecular weight is 454 g/mol. The Morgan fingerprint density at radius 1 is 1.16 bits per heavy atom. The summed E-state index contributed by atoms with van der Waals surface area (Å²) in [5.74, 6) is -0.0842. The Morgan fingerprint density at radius 2 is 1.74 bits per heavy atom. The lowest BCUT2D eigenvalue weighted by Gasteiger charge is -2.51. The number of rotatable bonds is 6. The monoisotopic (exact) mass is 453 g/mol. The van der Waals surface area contributed by atoms with Gasteiger partial charge in [0, 0.05) is 42.0 Å². The summed E-state index contributed by atoms with van der Waals surface area (Å²) >= 11 is 5.99. The van der Waals surface area contributed by atoms with Crippen molar-refractivity contribution in [1.29, 1.82) is 0 Å². The van der Waals surface area contributed by atoms with Crippen LogP contribution >= 0.6 is 11.6 Å². The Morgan fingerprint density at radius 3 is 2.26 bits per heavy atom. The van der Waals surface area contributed by atoms with Gasteiger partial charge in [-0.25, -0.2) is 4.79 Å². The molecule has 0 spiro atoms. The van der Waals surface area contributed by atoms with Gasteiger partial charge in [0.05, 0.1) is 11.2 Å². The standard InChI is InChI=1S/C23H36ClN3O4/c1-20(2)15-27(12-11-23(20,31)16-7-9-17(24)10-8-16)18(28)13-21(3,4)26-19(29)25-14-22(5,6)30/h7-10,30-31H,11-15H2,1-6H3,(H2,25,26,29)/t23-/m0/s1. The molecule has 7 nitrogen and oxygen atoms in total. The van der Waals surface area contributed by atoms with Gasteiger partial charge in [0.25, 0.3) is 0 Å². The minimum Gasteiger partial charge on any atom is -0.389 e. The molecule has 1 aliphatic rings. The molecular weight excluding hydrogens is 418 g/mol. The SMILES string of the molecule is CC(C)(O)CNC(=O)NC(C)(C)CC(=O)N1CC[C@](O)(c2ccc(Cl)cc2)C(C)(C)C1. The molecule has 0 saturated carbocycles. The van der Waals surface area contributed by atoms with Gasteiger partial charge in [0.15, 0.2) is 0 Å². The average Bonchev–Trinajstić information content (AvgIpc) is 2.61. The summed E-state index contributed by atoms with van der Waals surface area (Å²) in [5, 5.41) is 27.2. The van der Waals surface area contributed by atoms with E-state index in [1.807, 2.05) is 26.0 Å². The van der Waals surface area contributed by atoms with Crippen molar-refractivity contribution in [1.82, 2.24) is 15.5 Å². The van der Waals surface area contributed by atoms with Gasteiger partial charge in [-0.15, -0.1) is 0 Å². The fourth-order valence-corrected chi connectivity index (χ4v) is 4.10. The van der Waals surface area contributed by atoms with Crippen LogP contribution in [0.5, 0.6) is 0 Å². The number of nitrogens with one attached hydrogen (secondary N) is 2. The van der Waals surface area contributed by atoms with E-state index in [9.17, 15) is 19.8 Å². The zero-order chi connectivity index (χ0) is 23.7. The van der Waals surface area contributed by atoms with Crippen LogP contribution in [0.2, 0.25) is 5.02 Å². The molecule has 3 amide bonds. The quantitative estimate of drug-likeness (QED) is 0.531. The summed E-state index contributed by atoms with van der Waals surface area (Å²) in [4.78, 5) is 26.9. The van der Waals surface area contributed by atoms with E-state index in [-0.39, 0.29) is 18.9 Å². The van der Waals surface area contributed by atoms with E-state index in [4.69, 9.17) is 11.6 Å². The van der Waals surface area contributed by atoms with Gasteiger partial charge in [-0.2, -0.15) is 0 Å². The van der Waals surface area contributed by atoms with Crippen LogP contribution in [0, 0.1) is 5.41 Å². The third kappa shape index (κ3) is 6.57. The van der Waals surface area contributed by atoms with Gasteiger partial charge in [-0.3, -0.25) is 4.79 Å². The van der Waals surface area contributed by atoms with Gasteiger partial charge in [-0.1, -0.05) is 37.6 Å². The maximum Gasteiger partial charge on any atom is 0.315 e. The van der Waals surface area contributed by atoms with E-state index < -0.39 is 28.2 Å². The Hall–Kier alpha value is -1.83. The Kier molecular flexibility index (Phi) is 7.35. The summed E-state index contributed by atoms with van der Waals surface area (Å²) in [5.41, 5.74) is -2.64. The molecule has 8 heteroatoms. The van der Waals surface area contributed by atoms with Crippen molar-refractivity contribution in [2.24, 2.45) is 5.41 Å². The van der Waals surface area contributed by atoms with Gasteiger partial charge < -0.3 is 25.7 Å². The van der Waals surface area contributed by atoms with Gasteiger partial charge in [0.1, 0.15) is 0 Å². The van der Waals surface area contributed by atoms with Gasteiger partial charge in [0.2, 0.25) is 5.91 Å². The van der Waals surface area contributed by atoms with Crippen LogP contribution in [0.4, 0.5) is 4.79 Å². The molecule has 2 rings (SSSR count). The largest absolute Gasteiger partial charge is 0.389 e. The number of carbonyl (C=O) groups is 2. The molecule has 0 radical (unpaired) electrons. The molecule has 0 unspecified atom stereocenters. The predicted molar refractivity (Wildman–Crippen MR) is 122 cm³/mol. The number of urea groups is 1. The van der Waals surface area contributed by atoms with Crippen molar-refractivity contribution in [3.63, 3.8) is 0 Å². The molecule has 1 heterocycles. The second-order valence-corrected chi connectivity index (χ2v) is 10.9. The molecule has 0 aliphatic carbocycles. The predicted octanol–water partition coefficient (Wildman–Crippen LogP) is 3.02. The number of amides is 3. The topological polar surface area (TPSA) is 102 Å². The number of hydrogen-bond donors (Lipinski definition) is 4. The molecule has 1 fully saturated rings. The van der Waals surface area contributed by atoms with Crippen LogP contribution in [-0.4, -0.2) is 57.8 Å². The number of piperidine rings is 1. The first-order valence-corrected chi connectivity index (χ1v) is 11.0. The third-order valence-corrected chi connectivity index (χ3v) is 6.10. The molecular formula is C23H36ClN3O4. The van der Waals surface area contributed by atoms with Crippen molar-refractivity contribution >= 4 is 23.5 Å². The summed E-state index contributed by atoms with van der Waals surface area (Å²) in [7, 11) is 0. The van der Waals surface area contributed by atoms with E-state index in [0.29, 0.717) is 24.5 Å². The van der Waals surface area contributed by atoms with Crippen molar-refractivity contribution in [3.05, 3.63) is 34.9 Å². The molecule has 0 bridgehead atoms. The first kappa shape index (κ1) is 25.4. The molecule has 1 atom stereocenters. The zero-order valence-electron chi connectivity index (χ0n) is 19.4. The number of aliphatic hydroxyl groups is 2. The fraction of sp³-hybridized carbons (Fsp3) is 0.652. The summed E-state index contributed by atoms with van der Waals surface area (Å²) in [6, 6.07) is 6.76. The molecule has 31 heavy (non-hydrogen) atoms. The number of hydrogen-bond acceptors (Lipinski definition) is 4. The smallest absolute Gasteiger partial charge is 0.315 e. The molecule has 174 valence electrons. The second-order valence-electron chi connectivity index (χ2n) is 10.5. The second kappa shape index (κ2) is 8.96. The highest BCUT2D eigenvalue weighted by atomic mass is 35.5. The van der Waals surface area contributed by atoms with Crippen LogP contribution < -0.4 is 10.6 Å². The van der Waals surface area contributed by atoms with Crippen LogP contribution in [0.15, 0.2) is 24.3 Å². The van der Waals surface area contributed by atoms with Crippen LogP contribution in [0.3, 0.4) is 0 Å². The lowest BCUT2D eigenvalue weighted by atomic mass is 9.66. The van der Waals surface area contributed by atoms with Crippen LogP contribution in [0.1, 0.15) is 59.9 Å². The lowest BCUT2D eigenvalue weighted by Crippen LogP contribution is -2.58. The minimum atomic E-state index is -1.07. The number of likely N-dealkylation sites (tertiary alicyclic amines) is 1. The van der Waals surface area contributed by atoms with E-state index in [0.717, 1.165) is 5.56 Å². The first-order valence-electron chi connectivity index (χ1n) is 10.6. The van der Waals surface area contributed by atoms with E-state index in [2.05, 4.69) is 10.6 Å². The van der Waals surface area contributed by atoms with Crippen molar-refractivity contribution in [3.8, 4) is 0 Å². The van der Waals surface area contributed by atoms with Crippen molar-refractivity contribution < 1.29 is 19.8 Å². The van der Waals surface area contributed by atoms with Crippen molar-refractivity contribution in [2.45, 2.75) is 71.1 Å². The minimum absolute atomic E-state index is 0.0842. The zero-order valence-corrected chi connectivity index (χ0v) is 20.1. The highest BCUT2D eigenvalue weighted by Gasteiger charge is 2.49. The fourth-order valence-electron chi connectivity index (χ4n) is 3.98. The summed E-state index contributed by atoms with van der Waals surface area (Å²) < 4.78 is 0. The van der Waals surface area contributed by atoms with E-state index in [1.165, 1.54) is 0 Å². The number of halogens is 1. The Bertz CT molecular complexity index is 802. The normalized spacial score (nSPS) is 21.5. The highest BCUT2D eigenvalue weighted by Crippen LogP contribution is 2.46. The highest BCUT2D eigenvalue weighted by molar-refractivity contribution is 6.30. The van der Waals surface area contributed by atoms with Crippen molar-refractivity contribution in [2.75, 3.05) is 19.6 Å². The molecule has 1 aromatic carbocycles. The third-order valence-electron chi connectivity index (χ3n) is 5.85. The van der Waals surface area contributed by atoms with Crippen LogP contribution in [-0.2, 0) is 10.4 Å². The molecule has 1 aromatic rings. The first-order chi connectivity index (χ1) is 14.0. The lowest BCUT2D eigenvalue weighted by molar-refractivity contribution is -0.154. The molecule has 4 N–H and O–H groups in total. The number of benzene rings is 1.